The van der Waals surface area contributed by atoms with E-state index in [4.69, 9.17) is 9.97 Å². The van der Waals surface area contributed by atoms with Gasteiger partial charge < -0.3 is 15.0 Å². The van der Waals surface area contributed by atoms with Gasteiger partial charge in [-0.3, -0.25) is 0 Å². The average Bonchev–Trinajstić information content (AvgIpc) is 3.21. The number of rotatable bonds is 8. The Morgan fingerprint density at radius 2 is 1.77 bits per heavy atom. The normalized spacial score (nSPS) is 14.9. The Kier molecular flexibility index (Phi) is 7.00. The first-order valence-corrected chi connectivity index (χ1v) is 12.9. The van der Waals surface area contributed by atoms with Gasteiger partial charge in [-0.05, 0) is 61.4 Å². The van der Waals surface area contributed by atoms with Gasteiger partial charge >= 0.3 is 12.1 Å². The second-order valence-electron chi connectivity index (χ2n) is 10.3. The van der Waals surface area contributed by atoms with E-state index in [1.54, 1.807) is 10.6 Å². The summed E-state index contributed by atoms with van der Waals surface area (Å²) in [6.07, 6.45) is -1.17. The number of halogens is 3. The first-order chi connectivity index (χ1) is 18.5. The number of alkyl halides is 3. The lowest BCUT2D eigenvalue weighted by atomic mass is 9.80. The van der Waals surface area contributed by atoms with E-state index in [-0.39, 0.29) is 30.0 Å². The number of carbonyl (C=O) groups is 1. The monoisotopic (exact) mass is 538 g/mol. The third-order valence-corrected chi connectivity index (χ3v) is 7.23. The van der Waals surface area contributed by atoms with Crippen LogP contribution in [0.4, 0.5) is 19.0 Å². The summed E-state index contributed by atoms with van der Waals surface area (Å²) in [6, 6.07) is 10.5. The van der Waals surface area contributed by atoms with Crippen LogP contribution in [-0.2, 0) is 12.7 Å². The summed E-state index contributed by atoms with van der Waals surface area (Å²) in [6.45, 7) is 6.22. The number of carboxylic acid groups (broad SMARTS) is 1. The van der Waals surface area contributed by atoms with Crippen LogP contribution in [0.1, 0.15) is 73.4 Å². The summed E-state index contributed by atoms with van der Waals surface area (Å²) < 4.78 is 41.3. The van der Waals surface area contributed by atoms with E-state index in [0.29, 0.717) is 34.3 Å². The van der Waals surface area contributed by atoms with Crippen molar-refractivity contribution in [1.29, 1.82) is 0 Å². The molecule has 1 atom stereocenters. The number of imidazole rings is 1. The number of benzene rings is 1. The van der Waals surface area contributed by atoms with Gasteiger partial charge in [0, 0.05) is 18.3 Å². The zero-order valence-corrected chi connectivity index (χ0v) is 21.8. The van der Waals surface area contributed by atoms with E-state index in [2.05, 4.69) is 15.3 Å². The molecular formula is C28H29F3N6O2. The Bertz CT molecular complexity index is 1510. The number of hydrogen-bond donors (Lipinski definition) is 2. The molecule has 0 radical (unpaired) electrons. The lowest BCUT2D eigenvalue weighted by Crippen LogP contribution is -2.31. The van der Waals surface area contributed by atoms with Crippen molar-refractivity contribution in [3.8, 4) is 11.5 Å². The van der Waals surface area contributed by atoms with Crippen molar-refractivity contribution in [2.75, 3.05) is 5.32 Å². The smallest absolute Gasteiger partial charge is 0.416 e. The van der Waals surface area contributed by atoms with Gasteiger partial charge in [0.2, 0.25) is 5.82 Å². The predicted octanol–water partition coefficient (Wildman–Crippen LogP) is 6.38. The summed E-state index contributed by atoms with van der Waals surface area (Å²) >= 11 is 0. The van der Waals surface area contributed by atoms with Crippen LogP contribution in [0.15, 0.2) is 42.5 Å². The van der Waals surface area contributed by atoms with Gasteiger partial charge in [0.25, 0.3) is 0 Å². The van der Waals surface area contributed by atoms with Crippen molar-refractivity contribution in [1.82, 2.24) is 24.5 Å². The first kappa shape index (κ1) is 26.6. The van der Waals surface area contributed by atoms with Gasteiger partial charge in [-0.1, -0.05) is 38.5 Å². The fraction of sp³-hybridized carbons (Fsp3) is 0.393. The van der Waals surface area contributed by atoms with Crippen LogP contribution in [0.2, 0.25) is 0 Å². The summed E-state index contributed by atoms with van der Waals surface area (Å²) in [5.41, 5.74) is 1.89. The minimum absolute atomic E-state index is 0.0266. The standard InChI is InChI=1S/C28H29F3N6O2/c1-15(2)20-8-5-9-21(33-20)26-36-24-22(37(26)14-17-10-12-19(13-11-17)28(29,30)31)23(34-25(35-24)27(38)39)32-16(3)18-6-4-7-18/h5,8-13,15-16,18H,4,6-7,14H2,1-3H3,(H,38,39)(H,32,34,35)/t16-/m1/s1. The van der Waals surface area contributed by atoms with Gasteiger partial charge in [-0.25, -0.2) is 24.7 Å². The number of carboxylic acids is 1. The second kappa shape index (κ2) is 10.3. The number of aromatic nitrogens is 5. The van der Waals surface area contributed by atoms with Crippen LogP contribution >= 0.6 is 0 Å². The fourth-order valence-corrected chi connectivity index (χ4v) is 4.73. The molecule has 204 valence electrons. The Hall–Kier alpha value is -4.02. The van der Waals surface area contributed by atoms with Crippen molar-refractivity contribution >= 4 is 23.0 Å². The zero-order chi connectivity index (χ0) is 27.9. The molecule has 0 spiro atoms. The van der Waals surface area contributed by atoms with E-state index in [0.717, 1.165) is 37.1 Å². The number of pyridine rings is 1. The topological polar surface area (TPSA) is 106 Å². The van der Waals surface area contributed by atoms with E-state index in [1.165, 1.54) is 12.1 Å². The third kappa shape index (κ3) is 5.43. The number of nitrogens with zero attached hydrogens (tertiary/aromatic N) is 5. The van der Waals surface area contributed by atoms with Crippen LogP contribution in [0.5, 0.6) is 0 Å². The quantitative estimate of drug-likeness (QED) is 0.268. The Morgan fingerprint density at radius 1 is 1.05 bits per heavy atom. The molecule has 1 fully saturated rings. The van der Waals surface area contributed by atoms with Gasteiger partial charge in [-0.15, -0.1) is 0 Å². The van der Waals surface area contributed by atoms with Crippen molar-refractivity contribution in [3.63, 3.8) is 0 Å². The molecule has 11 heteroatoms. The highest BCUT2D eigenvalue weighted by atomic mass is 19.4. The highest BCUT2D eigenvalue weighted by Gasteiger charge is 2.30. The van der Waals surface area contributed by atoms with E-state index in [9.17, 15) is 23.1 Å². The van der Waals surface area contributed by atoms with E-state index in [1.807, 2.05) is 32.9 Å². The predicted molar refractivity (Wildman–Crippen MR) is 141 cm³/mol. The lowest BCUT2D eigenvalue weighted by molar-refractivity contribution is -0.137. The molecule has 1 aromatic carbocycles. The van der Waals surface area contributed by atoms with Gasteiger partial charge in [0.05, 0.1) is 5.56 Å². The van der Waals surface area contributed by atoms with Crippen molar-refractivity contribution in [3.05, 3.63) is 65.1 Å². The minimum atomic E-state index is -4.44. The molecule has 1 aliphatic rings. The van der Waals surface area contributed by atoms with Gasteiger partial charge in [0.1, 0.15) is 11.2 Å². The SMILES string of the molecule is CC(C)c1cccc(-c2nc3nc(C(=O)O)nc(N[C@H](C)C4CCC4)c3n2Cc2ccc(C(F)(F)F)cc2)n1. The number of fused-ring (bicyclic) bond motifs is 1. The molecule has 0 unspecified atom stereocenters. The molecule has 39 heavy (non-hydrogen) atoms. The van der Waals surface area contributed by atoms with Crippen LogP contribution in [0.25, 0.3) is 22.7 Å². The van der Waals surface area contributed by atoms with Crippen LogP contribution < -0.4 is 5.32 Å². The maximum Gasteiger partial charge on any atom is 0.416 e. The molecule has 3 heterocycles. The van der Waals surface area contributed by atoms with E-state index < -0.39 is 17.7 Å². The minimum Gasteiger partial charge on any atom is -0.475 e. The fourth-order valence-electron chi connectivity index (χ4n) is 4.73. The molecule has 1 aliphatic carbocycles. The molecule has 0 bridgehead atoms. The molecule has 4 aromatic rings. The molecular weight excluding hydrogens is 509 g/mol. The van der Waals surface area contributed by atoms with Crippen molar-refractivity contribution in [2.24, 2.45) is 5.92 Å². The lowest BCUT2D eigenvalue weighted by Gasteiger charge is -2.32. The Morgan fingerprint density at radius 3 is 2.36 bits per heavy atom. The second-order valence-corrected chi connectivity index (χ2v) is 10.3. The molecule has 0 saturated heterocycles. The summed E-state index contributed by atoms with van der Waals surface area (Å²) in [4.78, 5) is 29.9. The van der Waals surface area contributed by atoms with Crippen molar-refractivity contribution in [2.45, 2.75) is 64.7 Å². The Balaban J connectivity index is 1.69. The summed E-state index contributed by atoms with van der Waals surface area (Å²) in [5.74, 6) is -0.350. The molecule has 8 nitrogen and oxygen atoms in total. The van der Waals surface area contributed by atoms with Gasteiger partial charge in [-0.2, -0.15) is 13.2 Å². The molecule has 1 saturated carbocycles. The van der Waals surface area contributed by atoms with Crippen LogP contribution in [0.3, 0.4) is 0 Å². The largest absolute Gasteiger partial charge is 0.475 e. The highest BCUT2D eigenvalue weighted by molar-refractivity contribution is 5.92. The highest BCUT2D eigenvalue weighted by Crippen LogP contribution is 2.34. The molecule has 2 N–H and O–H groups in total. The zero-order valence-electron chi connectivity index (χ0n) is 21.8. The average molecular weight is 539 g/mol. The van der Waals surface area contributed by atoms with Crippen LogP contribution in [0, 0.1) is 5.92 Å². The van der Waals surface area contributed by atoms with Crippen LogP contribution in [-0.4, -0.2) is 41.6 Å². The number of anilines is 1. The van der Waals surface area contributed by atoms with E-state index >= 15 is 0 Å². The first-order valence-electron chi connectivity index (χ1n) is 12.9. The molecule has 3 aromatic heterocycles. The number of nitrogens with one attached hydrogen (secondary N) is 1. The Labute approximate surface area is 223 Å². The number of aromatic carboxylic acids is 1. The maximum atomic E-state index is 13.2. The summed E-state index contributed by atoms with van der Waals surface area (Å²) in [5, 5.41) is 13.1. The van der Waals surface area contributed by atoms with Gasteiger partial charge in [0.15, 0.2) is 17.3 Å². The molecule has 0 amide bonds. The maximum absolute atomic E-state index is 13.2. The number of hydrogen-bond acceptors (Lipinski definition) is 6. The molecule has 5 rings (SSSR count). The van der Waals surface area contributed by atoms with Crippen molar-refractivity contribution < 1.29 is 23.1 Å². The molecule has 0 aliphatic heterocycles. The third-order valence-electron chi connectivity index (χ3n) is 7.23. The summed E-state index contributed by atoms with van der Waals surface area (Å²) in [7, 11) is 0.